The van der Waals surface area contributed by atoms with E-state index in [9.17, 15) is 13.6 Å². The first-order valence-electron chi connectivity index (χ1n) is 11.5. The number of benzene rings is 1. The maximum absolute atomic E-state index is 14.5. The van der Waals surface area contributed by atoms with Gasteiger partial charge in [-0.1, -0.05) is 19.9 Å². The highest BCUT2D eigenvalue weighted by molar-refractivity contribution is 5.91. The van der Waals surface area contributed by atoms with E-state index in [1.165, 1.54) is 31.5 Å². The Morgan fingerprint density at radius 3 is 2.60 bits per heavy atom. The number of halogens is 2. The standard InChI is InChI=1S/C26H22F2N6O/c1-14(35)20-12-34(13-30-20)24-29-10-8-21(31-24)26-9-7-16(25(26,2)3)15-11-19(32-33-23(15)26)22-17(27)5-4-6-18(22)28/h4-6,8,10-13,16H,7,9H2,1-3H3/t16-,26-/m0/s1. The Labute approximate surface area is 200 Å². The van der Waals surface area contributed by atoms with E-state index in [0.717, 1.165) is 29.8 Å². The highest BCUT2D eigenvalue weighted by Gasteiger charge is 2.65. The largest absolute Gasteiger partial charge is 0.293 e. The molecule has 1 fully saturated rings. The molecule has 2 atom stereocenters. The summed E-state index contributed by atoms with van der Waals surface area (Å²) in [5, 5.41) is 8.84. The molecule has 0 radical (unpaired) electrons. The second-order valence-electron chi connectivity index (χ2n) is 9.81. The number of ketones is 1. The molecule has 2 aliphatic rings. The van der Waals surface area contributed by atoms with Crippen LogP contribution in [0.15, 0.2) is 49.1 Å². The summed E-state index contributed by atoms with van der Waals surface area (Å²) in [7, 11) is 0. The Hall–Kier alpha value is -3.88. The van der Waals surface area contributed by atoms with Gasteiger partial charge in [0.25, 0.3) is 0 Å². The molecule has 1 saturated carbocycles. The number of rotatable bonds is 4. The van der Waals surface area contributed by atoms with Gasteiger partial charge in [-0.05, 0) is 54.0 Å². The van der Waals surface area contributed by atoms with Gasteiger partial charge in [-0.3, -0.25) is 9.36 Å². The molecule has 0 saturated heterocycles. The summed E-state index contributed by atoms with van der Waals surface area (Å²) >= 11 is 0. The Morgan fingerprint density at radius 2 is 1.89 bits per heavy atom. The summed E-state index contributed by atoms with van der Waals surface area (Å²) in [4.78, 5) is 25.1. The third-order valence-corrected chi connectivity index (χ3v) is 7.86. The van der Waals surface area contributed by atoms with Crippen molar-refractivity contribution in [3.8, 4) is 17.2 Å². The Balaban J connectivity index is 1.50. The van der Waals surface area contributed by atoms with Gasteiger partial charge in [0.2, 0.25) is 5.95 Å². The van der Waals surface area contributed by atoms with E-state index < -0.39 is 17.0 Å². The molecular weight excluding hydrogens is 450 g/mol. The maximum atomic E-state index is 14.5. The number of hydrogen-bond donors (Lipinski definition) is 0. The molecule has 0 aliphatic heterocycles. The molecule has 176 valence electrons. The number of fused-ring (bicyclic) bond motifs is 5. The molecule has 0 amide bonds. The van der Waals surface area contributed by atoms with E-state index >= 15 is 0 Å². The Morgan fingerprint density at radius 1 is 1.11 bits per heavy atom. The fourth-order valence-corrected chi connectivity index (χ4v) is 6.08. The predicted octanol–water partition coefficient (Wildman–Crippen LogP) is 4.80. The van der Waals surface area contributed by atoms with E-state index in [1.807, 2.05) is 6.07 Å². The van der Waals surface area contributed by atoms with E-state index in [4.69, 9.17) is 4.98 Å². The van der Waals surface area contributed by atoms with Crippen molar-refractivity contribution in [3.05, 3.63) is 83.3 Å². The molecule has 2 aliphatic carbocycles. The van der Waals surface area contributed by atoms with Crippen molar-refractivity contribution in [3.63, 3.8) is 0 Å². The molecule has 2 bridgehead atoms. The Kier molecular flexibility index (Phi) is 4.52. The number of Topliss-reactive ketones (excluding diaryl/α,β-unsaturated/α-hetero) is 1. The predicted molar refractivity (Wildman–Crippen MR) is 123 cm³/mol. The first kappa shape index (κ1) is 21.6. The van der Waals surface area contributed by atoms with Gasteiger partial charge in [0, 0.05) is 19.3 Å². The highest BCUT2D eigenvalue weighted by Crippen LogP contribution is 2.69. The lowest BCUT2D eigenvalue weighted by atomic mass is 9.66. The average Bonchev–Trinajstić information content (AvgIpc) is 3.48. The van der Waals surface area contributed by atoms with Gasteiger partial charge < -0.3 is 0 Å². The summed E-state index contributed by atoms with van der Waals surface area (Å²) in [6, 6.07) is 7.45. The van der Waals surface area contributed by atoms with E-state index in [0.29, 0.717) is 11.6 Å². The van der Waals surface area contributed by atoms with E-state index in [-0.39, 0.29) is 28.4 Å². The second-order valence-corrected chi connectivity index (χ2v) is 9.81. The second kappa shape index (κ2) is 7.31. The van der Waals surface area contributed by atoms with Crippen LogP contribution in [-0.2, 0) is 5.41 Å². The molecule has 3 heterocycles. The SMILES string of the molecule is CC(=O)c1cn(-c2nccc([C@@]34CC[C@@H](c5cc(-c6c(F)cccc6F)nnc53)C4(C)C)n2)cn1. The molecule has 7 nitrogen and oxygen atoms in total. The van der Waals surface area contributed by atoms with Crippen LogP contribution in [0.1, 0.15) is 67.0 Å². The number of nitrogens with zero attached hydrogens (tertiary/aromatic N) is 6. The minimum absolute atomic E-state index is 0.137. The summed E-state index contributed by atoms with van der Waals surface area (Å²) in [5.74, 6) is -0.926. The third kappa shape index (κ3) is 2.87. The van der Waals surface area contributed by atoms with Crippen molar-refractivity contribution < 1.29 is 13.6 Å². The van der Waals surface area contributed by atoms with Gasteiger partial charge in [-0.2, -0.15) is 5.10 Å². The minimum atomic E-state index is -0.665. The number of hydrogen-bond acceptors (Lipinski definition) is 6. The van der Waals surface area contributed by atoms with Crippen LogP contribution in [0.3, 0.4) is 0 Å². The summed E-state index contributed by atoms with van der Waals surface area (Å²) in [5.41, 5.74) is 2.11. The fraction of sp³-hybridized carbons (Fsp3) is 0.308. The highest BCUT2D eigenvalue weighted by atomic mass is 19.1. The molecule has 35 heavy (non-hydrogen) atoms. The van der Waals surface area contributed by atoms with Crippen molar-refractivity contribution in [1.29, 1.82) is 0 Å². The smallest absolute Gasteiger partial charge is 0.235 e. The fourth-order valence-electron chi connectivity index (χ4n) is 6.08. The molecule has 0 N–H and O–H groups in total. The van der Waals surface area contributed by atoms with Crippen LogP contribution in [0.2, 0.25) is 0 Å². The van der Waals surface area contributed by atoms with Crippen molar-refractivity contribution in [2.45, 2.75) is 44.9 Å². The minimum Gasteiger partial charge on any atom is -0.293 e. The van der Waals surface area contributed by atoms with Crippen molar-refractivity contribution in [2.75, 3.05) is 0 Å². The third-order valence-electron chi connectivity index (χ3n) is 7.86. The van der Waals surface area contributed by atoms with Crippen LogP contribution >= 0.6 is 0 Å². The summed E-state index contributed by atoms with van der Waals surface area (Å²) in [6.45, 7) is 5.82. The zero-order chi connectivity index (χ0) is 24.5. The molecule has 6 rings (SSSR count). The van der Waals surface area contributed by atoms with Crippen LogP contribution in [0.5, 0.6) is 0 Å². The number of imidazole rings is 1. The zero-order valence-corrected chi connectivity index (χ0v) is 19.5. The molecule has 0 unspecified atom stereocenters. The lowest BCUT2D eigenvalue weighted by Gasteiger charge is -2.37. The van der Waals surface area contributed by atoms with Crippen LogP contribution in [0.25, 0.3) is 17.2 Å². The lowest BCUT2D eigenvalue weighted by Crippen LogP contribution is -2.38. The van der Waals surface area contributed by atoms with Crippen LogP contribution in [0.4, 0.5) is 8.78 Å². The van der Waals surface area contributed by atoms with Gasteiger partial charge >= 0.3 is 0 Å². The van der Waals surface area contributed by atoms with Crippen molar-refractivity contribution in [2.24, 2.45) is 5.41 Å². The quantitative estimate of drug-likeness (QED) is 0.397. The van der Waals surface area contributed by atoms with Gasteiger partial charge in [-0.15, -0.1) is 5.10 Å². The number of aromatic nitrogens is 6. The zero-order valence-electron chi connectivity index (χ0n) is 19.5. The summed E-state index contributed by atoms with van der Waals surface area (Å²) < 4.78 is 30.6. The van der Waals surface area contributed by atoms with Crippen molar-refractivity contribution in [1.82, 2.24) is 29.7 Å². The normalized spacial score (nSPS) is 21.8. The number of carbonyl (C=O) groups is 1. The van der Waals surface area contributed by atoms with Gasteiger partial charge in [0.05, 0.1) is 28.1 Å². The van der Waals surface area contributed by atoms with Crippen LogP contribution in [-0.4, -0.2) is 35.5 Å². The van der Waals surface area contributed by atoms with E-state index in [2.05, 4.69) is 34.0 Å². The van der Waals surface area contributed by atoms with Crippen LogP contribution < -0.4 is 0 Å². The first-order valence-corrected chi connectivity index (χ1v) is 11.5. The topological polar surface area (TPSA) is 86.5 Å². The summed E-state index contributed by atoms with van der Waals surface area (Å²) in [6.07, 6.45) is 6.54. The van der Waals surface area contributed by atoms with Crippen LogP contribution in [0, 0.1) is 17.0 Å². The molecule has 0 spiro atoms. The first-order chi connectivity index (χ1) is 16.7. The molecule has 9 heteroatoms. The molecular formula is C26H22F2N6O. The molecule has 3 aromatic heterocycles. The average molecular weight is 472 g/mol. The molecule has 1 aromatic carbocycles. The van der Waals surface area contributed by atoms with E-state index in [1.54, 1.807) is 23.0 Å². The molecule has 4 aromatic rings. The lowest BCUT2D eigenvalue weighted by molar-refractivity contribution is 0.101. The maximum Gasteiger partial charge on any atom is 0.235 e. The van der Waals surface area contributed by atoms with Gasteiger partial charge in [-0.25, -0.2) is 23.7 Å². The van der Waals surface area contributed by atoms with Gasteiger partial charge in [0.15, 0.2) is 5.78 Å². The van der Waals surface area contributed by atoms with Gasteiger partial charge in [0.1, 0.15) is 23.7 Å². The number of carbonyl (C=O) groups excluding carboxylic acids is 1. The van der Waals surface area contributed by atoms with Crippen molar-refractivity contribution >= 4 is 5.78 Å². The monoisotopic (exact) mass is 472 g/mol. The Bertz CT molecular complexity index is 1490.